The van der Waals surface area contributed by atoms with Gasteiger partial charge in [-0.2, -0.15) is 0 Å². The van der Waals surface area contributed by atoms with Crippen molar-refractivity contribution >= 4 is 23.0 Å². The molecule has 1 aliphatic rings. The molecule has 1 fully saturated rings. The van der Waals surface area contributed by atoms with Crippen molar-refractivity contribution in [3.05, 3.63) is 46.8 Å². The zero-order valence-electron chi connectivity index (χ0n) is 13.5. The van der Waals surface area contributed by atoms with Gasteiger partial charge < -0.3 is 4.90 Å². The van der Waals surface area contributed by atoms with Crippen molar-refractivity contribution in [2.75, 3.05) is 22.3 Å². The van der Waals surface area contributed by atoms with Crippen LogP contribution < -0.4 is 15.8 Å². The maximum atomic E-state index is 11.6. The molecular weight excluding hydrogens is 308 g/mol. The second kappa shape index (κ2) is 7.12. The fourth-order valence-electron chi connectivity index (χ4n) is 2.90. The van der Waals surface area contributed by atoms with E-state index in [1.54, 1.807) is 0 Å². The molecule has 3 rings (SSSR count). The van der Waals surface area contributed by atoms with Crippen LogP contribution in [0.2, 0.25) is 0 Å². The van der Waals surface area contributed by atoms with Gasteiger partial charge in [-0.3, -0.25) is 21.0 Å². The highest BCUT2D eigenvalue weighted by Gasteiger charge is 2.30. The first-order valence-corrected chi connectivity index (χ1v) is 8.00. The lowest BCUT2D eigenvalue weighted by molar-refractivity contribution is -0.383. The third kappa shape index (κ3) is 3.37. The van der Waals surface area contributed by atoms with Crippen LogP contribution in [0, 0.1) is 10.1 Å². The number of nitrogens with zero attached hydrogens (tertiary/aromatic N) is 4. The van der Waals surface area contributed by atoms with Crippen LogP contribution in [-0.4, -0.2) is 27.5 Å². The number of hydrogen-bond acceptors (Lipinski definition) is 7. The number of nitro groups is 1. The molecule has 1 unspecified atom stereocenters. The van der Waals surface area contributed by atoms with Crippen LogP contribution >= 0.6 is 0 Å². The summed E-state index contributed by atoms with van der Waals surface area (Å²) in [5, 5.41) is 11.6. The molecule has 1 atom stereocenters. The Morgan fingerprint density at radius 2 is 2.00 bits per heavy atom. The second-order valence-corrected chi connectivity index (χ2v) is 5.81. The summed E-state index contributed by atoms with van der Waals surface area (Å²) in [5.74, 6) is 0.534. The Morgan fingerprint density at radius 3 is 2.71 bits per heavy atom. The average molecular weight is 328 g/mol. The van der Waals surface area contributed by atoms with Crippen molar-refractivity contribution in [2.45, 2.75) is 32.2 Å². The van der Waals surface area contributed by atoms with Gasteiger partial charge in [0.2, 0.25) is 11.6 Å². The summed E-state index contributed by atoms with van der Waals surface area (Å²) in [6, 6.07) is 9.58. The quantitative estimate of drug-likeness (QED) is 0.642. The van der Waals surface area contributed by atoms with Crippen molar-refractivity contribution in [1.82, 2.24) is 9.97 Å². The maximum absolute atomic E-state index is 11.6. The third-order valence-corrected chi connectivity index (χ3v) is 4.16. The van der Waals surface area contributed by atoms with Crippen molar-refractivity contribution in [3.8, 4) is 0 Å². The Kier molecular flexibility index (Phi) is 4.74. The fourth-order valence-corrected chi connectivity index (χ4v) is 2.90. The van der Waals surface area contributed by atoms with E-state index < -0.39 is 4.92 Å². The molecule has 1 aliphatic heterocycles. The molecule has 8 nitrogen and oxygen atoms in total. The average Bonchev–Trinajstić information content (AvgIpc) is 2.61. The van der Waals surface area contributed by atoms with Crippen LogP contribution in [-0.2, 0) is 0 Å². The normalized spacial score (nSPS) is 17.4. The topological polar surface area (TPSA) is 96.2 Å². The number of nitrogens with one attached hydrogen (secondary N) is 2. The van der Waals surface area contributed by atoms with Gasteiger partial charge in [0, 0.05) is 12.6 Å². The van der Waals surface area contributed by atoms with Gasteiger partial charge in [0.1, 0.15) is 6.33 Å². The van der Waals surface area contributed by atoms with Crippen molar-refractivity contribution in [3.63, 3.8) is 0 Å². The van der Waals surface area contributed by atoms with Crippen LogP contribution in [0.5, 0.6) is 0 Å². The van der Waals surface area contributed by atoms with E-state index in [2.05, 4.69) is 27.7 Å². The van der Waals surface area contributed by atoms with E-state index >= 15 is 0 Å². The molecule has 1 aromatic heterocycles. The Hall–Kier alpha value is -2.90. The Morgan fingerprint density at radius 1 is 1.21 bits per heavy atom. The molecule has 1 saturated heterocycles. The molecule has 0 amide bonds. The number of rotatable bonds is 5. The van der Waals surface area contributed by atoms with E-state index in [1.807, 2.05) is 35.2 Å². The molecule has 0 aliphatic carbocycles. The van der Waals surface area contributed by atoms with Gasteiger partial charge in [0.15, 0.2) is 0 Å². The van der Waals surface area contributed by atoms with Gasteiger partial charge in [0.25, 0.3) is 0 Å². The highest BCUT2D eigenvalue weighted by molar-refractivity contribution is 5.71. The van der Waals surface area contributed by atoms with E-state index in [4.69, 9.17) is 0 Å². The maximum Gasteiger partial charge on any atom is 0.355 e. The molecule has 0 radical (unpaired) electrons. The summed E-state index contributed by atoms with van der Waals surface area (Å²) < 4.78 is 0. The van der Waals surface area contributed by atoms with Gasteiger partial charge >= 0.3 is 5.69 Å². The molecule has 2 aromatic rings. The van der Waals surface area contributed by atoms with Crippen LogP contribution in [0.1, 0.15) is 26.2 Å². The predicted molar refractivity (Wildman–Crippen MR) is 93.0 cm³/mol. The lowest BCUT2D eigenvalue weighted by Crippen LogP contribution is -2.38. The fraction of sp³-hybridized carbons (Fsp3) is 0.375. The molecule has 0 bridgehead atoms. The lowest BCUT2D eigenvalue weighted by atomic mass is 10.0. The predicted octanol–water partition coefficient (Wildman–Crippen LogP) is 3.20. The van der Waals surface area contributed by atoms with E-state index in [0.29, 0.717) is 5.82 Å². The summed E-state index contributed by atoms with van der Waals surface area (Å²) in [7, 11) is 0. The minimum Gasteiger partial charge on any atom is -0.348 e. The van der Waals surface area contributed by atoms with Crippen molar-refractivity contribution in [1.29, 1.82) is 0 Å². The first-order chi connectivity index (χ1) is 11.7. The number of benzene rings is 1. The van der Waals surface area contributed by atoms with Crippen molar-refractivity contribution < 1.29 is 4.92 Å². The van der Waals surface area contributed by atoms with E-state index in [1.165, 1.54) is 6.33 Å². The Labute approximate surface area is 140 Å². The van der Waals surface area contributed by atoms with Crippen molar-refractivity contribution in [2.24, 2.45) is 0 Å². The first kappa shape index (κ1) is 16.0. The molecule has 0 saturated carbocycles. The Bertz CT molecular complexity index is 709. The van der Waals surface area contributed by atoms with Crippen LogP contribution in [0.25, 0.3) is 0 Å². The molecule has 2 heterocycles. The number of para-hydroxylation sites is 1. The van der Waals surface area contributed by atoms with E-state index in [0.717, 1.165) is 31.5 Å². The minimum absolute atomic E-state index is 0.102. The Balaban J connectivity index is 1.89. The molecule has 24 heavy (non-hydrogen) atoms. The number of hydrazine groups is 1. The highest BCUT2D eigenvalue weighted by atomic mass is 16.6. The summed E-state index contributed by atoms with van der Waals surface area (Å²) in [6.07, 6.45) is 4.51. The molecular formula is C16H20N6O2. The van der Waals surface area contributed by atoms with Crippen LogP contribution in [0.4, 0.5) is 23.0 Å². The summed E-state index contributed by atoms with van der Waals surface area (Å²) in [6.45, 7) is 2.84. The van der Waals surface area contributed by atoms with E-state index in [9.17, 15) is 10.1 Å². The van der Waals surface area contributed by atoms with E-state index in [-0.39, 0.29) is 17.5 Å². The number of anilines is 3. The third-order valence-electron chi connectivity index (χ3n) is 4.16. The summed E-state index contributed by atoms with van der Waals surface area (Å²) >= 11 is 0. The van der Waals surface area contributed by atoms with Crippen LogP contribution in [0.3, 0.4) is 0 Å². The van der Waals surface area contributed by atoms with Gasteiger partial charge in [0.05, 0.1) is 10.6 Å². The molecule has 2 N–H and O–H groups in total. The summed E-state index contributed by atoms with van der Waals surface area (Å²) in [4.78, 5) is 21.4. The smallest absolute Gasteiger partial charge is 0.348 e. The molecule has 126 valence electrons. The second-order valence-electron chi connectivity index (χ2n) is 5.81. The number of hydrogen-bond donors (Lipinski definition) is 2. The van der Waals surface area contributed by atoms with Gasteiger partial charge in [-0.1, -0.05) is 18.2 Å². The largest absolute Gasteiger partial charge is 0.355 e. The van der Waals surface area contributed by atoms with Crippen LogP contribution in [0.15, 0.2) is 36.7 Å². The molecule has 8 heteroatoms. The monoisotopic (exact) mass is 328 g/mol. The van der Waals surface area contributed by atoms with Gasteiger partial charge in [-0.15, -0.1) is 0 Å². The lowest BCUT2D eigenvalue weighted by Gasteiger charge is -2.33. The van der Waals surface area contributed by atoms with Gasteiger partial charge in [-0.25, -0.2) is 9.97 Å². The number of piperidine rings is 1. The minimum atomic E-state index is -0.425. The summed E-state index contributed by atoms with van der Waals surface area (Å²) in [5.41, 5.74) is 6.46. The first-order valence-electron chi connectivity index (χ1n) is 8.00. The SMILES string of the molecule is CC1CCCCN1c1ncnc(NNc2ccccc2)c1[N+](=O)[O-]. The van der Waals surface area contributed by atoms with Gasteiger partial charge in [-0.05, 0) is 38.3 Å². The standard InChI is InChI=1S/C16H20N6O2/c1-12-7-5-6-10-21(12)16-14(22(23)24)15(17-11-18-16)20-19-13-8-3-2-4-9-13/h2-4,8-9,11-12,19H,5-7,10H2,1H3,(H,17,18,20). The zero-order valence-corrected chi connectivity index (χ0v) is 13.5. The number of aromatic nitrogens is 2. The zero-order chi connectivity index (χ0) is 16.9. The highest BCUT2D eigenvalue weighted by Crippen LogP contribution is 2.35. The molecule has 0 spiro atoms. The molecule has 1 aromatic carbocycles.